The van der Waals surface area contributed by atoms with E-state index in [9.17, 15) is 0 Å². The molecule has 20 heavy (non-hydrogen) atoms. The largest absolute Gasteiger partial charge is 0.325 e. The van der Waals surface area contributed by atoms with Crippen LogP contribution in [-0.2, 0) is 6.42 Å². The van der Waals surface area contributed by atoms with Crippen molar-refractivity contribution < 1.29 is 0 Å². The number of aromatic nitrogens is 1. The number of halogens is 1. The summed E-state index contributed by atoms with van der Waals surface area (Å²) in [5.74, 6) is 0.779. The molecule has 3 heteroatoms. The maximum Gasteiger partial charge on any atom is 0.0621 e. The first kappa shape index (κ1) is 15.8. The predicted molar refractivity (Wildman–Crippen MR) is 85.9 cm³/mol. The van der Waals surface area contributed by atoms with Gasteiger partial charge in [-0.05, 0) is 55.1 Å². The van der Waals surface area contributed by atoms with Gasteiger partial charge in [-0.1, -0.05) is 38.8 Å². The molecule has 1 aliphatic rings. The van der Waals surface area contributed by atoms with Crippen molar-refractivity contribution in [2.45, 2.75) is 64.8 Å². The van der Waals surface area contributed by atoms with Crippen molar-refractivity contribution in [1.82, 2.24) is 4.98 Å². The zero-order valence-corrected chi connectivity index (χ0v) is 13.7. The molecule has 1 aromatic heterocycles. The van der Waals surface area contributed by atoms with Gasteiger partial charge in [0, 0.05) is 17.9 Å². The molecule has 2 atom stereocenters. The van der Waals surface area contributed by atoms with E-state index < -0.39 is 0 Å². The van der Waals surface area contributed by atoms with Crippen LogP contribution >= 0.6 is 11.6 Å². The summed E-state index contributed by atoms with van der Waals surface area (Å²) in [6.07, 6.45) is 10.3. The van der Waals surface area contributed by atoms with Crippen LogP contribution in [0.4, 0.5) is 0 Å². The first-order valence-electron chi connectivity index (χ1n) is 7.67. The fourth-order valence-corrected chi connectivity index (χ4v) is 3.59. The van der Waals surface area contributed by atoms with Gasteiger partial charge in [0.2, 0.25) is 0 Å². The van der Waals surface area contributed by atoms with Gasteiger partial charge in [0.05, 0.1) is 5.02 Å². The minimum absolute atomic E-state index is 0.106. The summed E-state index contributed by atoms with van der Waals surface area (Å²) in [5.41, 5.74) is 8.11. The first-order chi connectivity index (χ1) is 9.30. The highest BCUT2D eigenvalue weighted by Gasteiger charge is 2.34. The molecule has 0 radical (unpaired) electrons. The van der Waals surface area contributed by atoms with E-state index in [1.54, 1.807) is 12.4 Å². The topological polar surface area (TPSA) is 38.9 Å². The monoisotopic (exact) mass is 294 g/mol. The Labute approximate surface area is 128 Å². The van der Waals surface area contributed by atoms with Crippen LogP contribution in [-0.4, -0.2) is 10.5 Å². The fraction of sp³-hybridized carbons (Fsp3) is 0.706. The van der Waals surface area contributed by atoms with Gasteiger partial charge in [0.1, 0.15) is 0 Å². The summed E-state index contributed by atoms with van der Waals surface area (Å²) in [5, 5.41) is 0.744. The van der Waals surface area contributed by atoms with Crippen LogP contribution in [0.25, 0.3) is 0 Å². The summed E-state index contributed by atoms with van der Waals surface area (Å²) in [6.45, 7) is 7.04. The van der Waals surface area contributed by atoms with Gasteiger partial charge in [-0.25, -0.2) is 0 Å². The molecule has 112 valence electrons. The molecule has 1 fully saturated rings. The van der Waals surface area contributed by atoms with Gasteiger partial charge in [-0.15, -0.1) is 0 Å². The number of pyridine rings is 1. The minimum Gasteiger partial charge on any atom is -0.325 e. The highest BCUT2D eigenvalue weighted by molar-refractivity contribution is 6.31. The molecule has 1 saturated carbocycles. The number of rotatable bonds is 2. The molecule has 0 saturated heterocycles. The van der Waals surface area contributed by atoms with E-state index in [-0.39, 0.29) is 5.54 Å². The molecule has 2 unspecified atom stereocenters. The zero-order chi connectivity index (χ0) is 14.8. The second-order valence-corrected chi connectivity index (χ2v) is 7.91. The van der Waals surface area contributed by atoms with Gasteiger partial charge in [0.15, 0.2) is 0 Å². The number of hydrogen-bond donors (Lipinski definition) is 1. The van der Waals surface area contributed by atoms with Crippen LogP contribution in [0.1, 0.15) is 58.4 Å². The molecule has 0 aromatic carbocycles. The SMILES string of the molecule is CC(C)(C)C1CCCC(N)(Cc2ccncc2Cl)CC1. The Kier molecular flexibility index (Phi) is 4.76. The third-order valence-corrected chi connectivity index (χ3v) is 5.18. The Morgan fingerprint density at radius 2 is 2.10 bits per heavy atom. The van der Waals surface area contributed by atoms with Gasteiger partial charge >= 0.3 is 0 Å². The van der Waals surface area contributed by atoms with Crippen molar-refractivity contribution in [3.05, 3.63) is 29.0 Å². The number of nitrogens with two attached hydrogens (primary N) is 1. The maximum absolute atomic E-state index is 6.69. The maximum atomic E-state index is 6.69. The lowest BCUT2D eigenvalue weighted by Crippen LogP contribution is -2.41. The number of nitrogens with zero attached hydrogens (tertiary/aromatic N) is 1. The lowest BCUT2D eigenvalue weighted by atomic mass is 9.76. The molecular weight excluding hydrogens is 268 g/mol. The van der Waals surface area contributed by atoms with E-state index in [0.717, 1.165) is 35.8 Å². The highest BCUT2D eigenvalue weighted by Crippen LogP contribution is 2.40. The molecule has 2 nitrogen and oxygen atoms in total. The summed E-state index contributed by atoms with van der Waals surface area (Å²) < 4.78 is 0. The summed E-state index contributed by atoms with van der Waals surface area (Å²) in [6, 6.07) is 2.00. The number of hydrogen-bond acceptors (Lipinski definition) is 2. The summed E-state index contributed by atoms with van der Waals surface area (Å²) in [7, 11) is 0. The average molecular weight is 295 g/mol. The van der Waals surface area contributed by atoms with E-state index in [4.69, 9.17) is 17.3 Å². The van der Waals surface area contributed by atoms with Crippen LogP contribution in [0.15, 0.2) is 18.5 Å². The van der Waals surface area contributed by atoms with E-state index >= 15 is 0 Å². The van der Waals surface area contributed by atoms with Crippen molar-refractivity contribution >= 4 is 11.6 Å². The molecule has 0 aliphatic heterocycles. The Morgan fingerprint density at radius 1 is 1.35 bits per heavy atom. The van der Waals surface area contributed by atoms with E-state index in [1.807, 2.05) is 6.07 Å². The third-order valence-electron chi connectivity index (χ3n) is 4.84. The van der Waals surface area contributed by atoms with Gasteiger partial charge < -0.3 is 5.73 Å². The molecular formula is C17H27ClN2. The van der Waals surface area contributed by atoms with Crippen LogP contribution in [0.3, 0.4) is 0 Å². The average Bonchev–Trinajstić information content (AvgIpc) is 2.54. The van der Waals surface area contributed by atoms with E-state index in [1.165, 1.54) is 19.3 Å². The van der Waals surface area contributed by atoms with E-state index in [0.29, 0.717) is 5.41 Å². The quantitative estimate of drug-likeness (QED) is 0.810. The second-order valence-electron chi connectivity index (χ2n) is 7.50. The molecule has 2 N–H and O–H groups in total. The zero-order valence-electron chi connectivity index (χ0n) is 13.0. The smallest absolute Gasteiger partial charge is 0.0621 e. The third kappa shape index (κ3) is 3.95. The first-order valence-corrected chi connectivity index (χ1v) is 8.05. The van der Waals surface area contributed by atoms with E-state index in [2.05, 4.69) is 25.8 Å². The highest BCUT2D eigenvalue weighted by atomic mass is 35.5. The van der Waals surface area contributed by atoms with Crippen molar-refractivity contribution in [3.8, 4) is 0 Å². The van der Waals surface area contributed by atoms with Crippen molar-refractivity contribution in [2.24, 2.45) is 17.1 Å². The van der Waals surface area contributed by atoms with Crippen LogP contribution in [0.5, 0.6) is 0 Å². The Morgan fingerprint density at radius 3 is 2.75 bits per heavy atom. The molecule has 1 heterocycles. The van der Waals surface area contributed by atoms with Crippen molar-refractivity contribution in [1.29, 1.82) is 0 Å². The lowest BCUT2D eigenvalue weighted by molar-refractivity contribution is 0.210. The fourth-order valence-electron chi connectivity index (χ4n) is 3.40. The standard InChI is InChI=1S/C17H27ClN2/c1-16(2,3)14-5-4-8-17(19,9-6-14)11-13-7-10-20-12-15(13)18/h7,10,12,14H,4-6,8-9,11,19H2,1-3H3. The second kappa shape index (κ2) is 6.03. The molecule has 0 amide bonds. The normalized spacial score (nSPS) is 28.1. The Balaban J connectivity index is 2.06. The summed E-state index contributed by atoms with van der Waals surface area (Å²) in [4.78, 5) is 4.05. The minimum atomic E-state index is -0.106. The summed E-state index contributed by atoms with van der Waals surface area (Å²) >= 11 is 6.23. The molecule has 1 aliphatic carbocycles. The van der Waals surface area contributed by atoms with Crippen LogP contribution in [0, 0.1) is 11.3 Å². The van der Waals surface area contributed by atoms with Gasteiger partial charge in [-0.3, -0.25) is 4.98 Å². The predicted octanol–water partition coefficient (Wildman–Crippen LogP) is 4.60. The van der Waals surface area contributed by atoms with Crippen LogP contribution < -0.4 is 5.73 Å². The van der Waals surface area contributed by atoms with Crippen molar-refractivity contribution in [2.75, 3.05) is 0 Å². The Hall–Kier alpha value is -0.600. The molecule has 1 aromatic rings. The molecule has 0 spiro atoms. The Bertz CT molecular complexity index is 453. The van der Waals surface area contributed by atoms with Crippen molar-refractivity contribution in [3.63, 3.8) is 0 Å². The molecule has 2 rings (SSSR count). The van der Waals surface area contributed by atoms with Crippen LogP contribution in [0.2, 0.25) is 5.02 Å². The van der Waals surface area contributed by atoms with Gasteiger partial charge in [0.25, 0.3) is 0 Å². The van der Waals surface area contributed by atoms with Gasteiger partial charge in [-0.2, -0.15) is 0 Å². The molecule has 0 bridgehead atoms. The lowest BCUT2D eigenvalue weighted by Gasteiger charge is -2.31.